The van der Waals surface area contributed by atoms with Crippen LogP contribution in [0.25, 0.3) is 0 Å². The maximum absolute atomic E-state index is 5.49. The van der Waals surface area contributed by atoms with Gasteiger partial charge in [-0.3, -0.25) is 0 Å². The van der Waals surface area contributed by atoms with Gasteiger partial charge in [0, 0.05) is 18.8 Å². The summed E-state index contributed by atoms with van der Waals surface area (Å²) < 4.78 is 0. The third-order valence-corrected chi connectivity index (χ3v) is 2.55. The van der Waals surface area contributed by atoms with Crippen LogP contribution in [0, 0.1) is 0 Å². The molecule has 2 rings (SSSR count). The van der Waals surface area contributed by atoms with Crippen LogP contribution >= 0.6 is 0 Å². The lowest BCUT2D eigenvalue weighted by atomic mass is 9.93. The van der Waals surface area contributed by atoms with Gasteiger partial charge < -0.3 is 11.1 Å². The van der Waals surface area contributed by atoms with Gasteiger partial charge >= 0.3 is 0 Å². The fraction of sp³-hybridized carbons (Fsp3) is 0.500. The number of hydrogen-bond acceptors (Lipinski definition) is 3. The van der Waals surface area contributed by atoms with Crippen LogP contribution in [0.15, 0.2) is 18.3 Å². The zero-order chi connectivity index (χ0) is 9.10. The monoisotopic (exact) mass is 177 g/mol. The Kier molecular flexibility index (Phi) is 2.45. The molecule has 3 heteroatoms. The van der Waals surface area contributed by atoms with Gasteiger partial charge in [0.05, 0.1) is 0 Å². The molecule has 13 heavy (non-hydrogen) atoms. The van der Waals surface area contributed by atoms with Gasteiger partial charge in [0.25, 0.3) is 0 Å². The molecule has 0 bridgehead atoms. The lowest BCUT2D eigenvalue weighted by Crippen LogP contribution is -2.34. The van der Waals surface area contributed by atoms with Gasteiger partial charge in [-0.05, 0) is 24.5 Å². The Labute approximate surface area is 78.4 Å². The van der Waals surface area contributed by atoms with Crippen molar-refractivity contribution in [2.24, 2.45) is 0 Å². The van der Waals surface area contributed by atoms with Crippen LogP contribution in [0.2, 0.25) is 0 Å². The van der Waals surface area contributed by atoms with Crippen molar-refractivity contribution in [3.8, 4) is 0 Å². The zero-order valence-corrected chi connectivity index (χ0v) is 7.66. The van der Waals surface area contributed by atoms with Gasteiger partial charge in [-0.15, -0.1) is 0 Å². The summed E-state index contributed by atoms with van der Waals surface area (Å²) in [6.07, 6.45) is 5.85. The molecule has 3 N–H and O–H groups in total. The van der Waals surface area contributed by atoms with E-state index in [1.807, 2.05) is 18.3 Å². The molecule has 1 fully saturated rings. The van der Waals surface area contributed by atoms with Crippen LogP contribution in [0.4, 0.5) is 5.82 Å². The first kappa shape index (κ1) is 8.51. The molecular formula is C10H15N3. The fourth-order valence-corrected chi connectivity index (χ4v) is 1.42. The molecule has 0 amide bonds. The SMILES string of the molecule is Nc1ccc(CNC2CCC2)cn1. The Morgan fingerprint density at radius 2 is 2.31 bits per heavy atom. The molecule has 0 spiro atoms. The second kappa shape index (κ2) is 3.75. The molecule has 1 heterocycles. The Hall–Kier alpha value is -1.09. The smallest absolute Gasteiger partial charge is 0.123 e. The first-order valence-electron chi connectivity index (χ1n) is 4.78. The maximum Gasteiger partial charge on any atom is 0.123 e. The average molecular weight is 177 g/mol. The number of nitrogens with one attached hydrogen (secondary N) is 1. The number of hydrogen-bond donors (Lipinski definition) is 2. The van der Waals surface area contributed by atoms with Crippen LogP contribution < -0.4 is 11.1 Å². The quantitative estimate of drug-likeness (QED) is 0.731. The van der Waals surface area contributed by atoms with E-state index in [2.05, 4.69) is 10.3 Å². The number of anilines is 1. The molecule has 0 atom stereocenters. The molecule has 0 radical (unpaired) electrons. The van der Waals surface area contributed by atoms with Gasteiger partial charge in [-0.1, -0.05) is 12.5 Å². The van der Waals surface area contributed by atoms with Crippen molar-refractivity contribution in [1.29, 1.82) is 0 Å². The largest absolute Gasteiger partial charge is 0.384 e. The minimum Gasteiger partial charge on any atom is -0.384 e. The van der Waals surface area contributed by atoms with E-state index in [1.165, 1.54) is 24.8 Å². The lowest BCUT2D eigenvalue weighted by Gasteiger charge is -2.26. The number of nitrogens with zero attached hydrogens (tertiary/aromatic N) is 1. The Balaban J connectivity index is 1.83. The van der Waals surface area contributed by atoms with E-state index >= 15 is 0 Å². The van der Waals surface area contributed by atoms with Crippen molar-refractivity contribution in [3.63, 3.8) is 0 Å². The lowest BCUT2D eigenvalue weighted by molar-refractivity contribution is 0.338. The second-order valence-corrected chi connectivity index (χ2v) is 3.60. The molecule has 70 valence electrons. The highest BCUT2D eigenvalue weighted by molar-refractivity contribution is 5.29. The fourth-order valence-electron chi connectivity index (χ4n) is 1.42. The molecule has 0 unspecified atom stereocenters. The number of nitrogen functional groups attached to an aromatic ring is 1. The van der Waals surface area contributed by atoms with Gasteiger partial charge in [0.15, 0.2) is 0 Å². The minimum absolute atomic E-state index is 0.590. The highest BCUT2D eigenvalue weighted by Gasteiger charge is 2.15. The topological polar surface area (TPSA) is 50.9 Å². The number of pyridine rings is 1. The number of rotatable bonds is 3. The van der Waals surface area contributed by atoms with E-state index in [9.17, 15) is 0 Å². The summed E-state index contributed by atoms with van der Waals surface area (Å²) in [7, 11) is 0. The third-order valence-electron chi connectivity index (χ3n) is 2.55. The van der Waals surface area contributed by atoms with E-state index in [4.69, 9.17) is 5.73 Å². The summed E-state index contributed by atoms with van der Waals surface area (Å²) in [6.45, 7) is 0.915. The molecule has 1 saturated carbocycles. The van der Waals surface area contributed by atoms with Gasteiger partial charge in [-0.25, -0.2) is 4.98 Å². The normalized spacial score (nSPS) is 16.9. The first-order valence-corrected chi connectivity index (χ1v) is 4.78. The van der Waals surface area contributed by atoms with Crippen molar-refractivity contribution in [1.82, 2.24) is 10.3 Å². The summed E-state index contributed by atoms with van der Waals surface area (Å²) in [5, 5.41) is 3.47. The average Bonchev–Trinajstić information content (AvgIpc) is 2.05. The summed E-state index contributed by atoms with van der Waals surface area (Å²) in [6, 6.07) is 4.60. The van der Waals surface area contributed by atoms with Gasteiger partial charge in [0.2, 0.25) is 0 Å². The van der Waals surface area contributed by atoms with Crippen LogP contribution in [-0.4, -0.2) is 11.0 Å². The maximum atomic E-state index is 5.49. The summed E-state index contributed by atoms with van der Waals surface area (Å²) in [4.78, 5) is 4.04. The van der Waals surface area contributed by atoms with Crippen LogP contribution in [0.3, 0.4) is 0 Å². The number of aromatic nitrogens is 1. The predicted molar refractivity (Wildman–Crippen MR) is 53.1 cm³/mol. The first-order chi connectivity index (χ1) is 6.34. The van der Waals surface area contributed by atoms with Crippen molar-refractivity contribution >= 4 is 5.82 Å². The predicted octanol–water partition coefficient (Wildman–Crippen LogP) is 1.31. The van der Waals surface area contributed by atoms with Crippen molar-refractivity contribution < 1.29 is 0 Å². The summed E-state index contributed by atoms with van der Waals surface area (Å²) in [5.41, 5.74) is 6.70. The summed E-state index contributed by atoms with van der Waals surface area (Å²) in [5.74, 6) is 0.590. The van der Waals surface area contributed by atoms with Crippen LogP contribution in [0.5, 0.6) is 0 Å². The Bertz CT molecular complexity index is 264. The molecule has 0 aliphatic heterocycles. The standard InChI is InChI=1S/C10H15N3/c11-10-5-4-8(7-13-10)6-12-9-2-1-3-9/h4-5,7,9,12H,1-3,6H2,(H2,11,13). The van der Waals surface area contributed by atoms with E-state index < -0.39 is 0 Å². The highest BCUT2D eigenvalue weighted by Crippen LogP contribution is 2.18. The van der Waals surface area contributed by atoms with Crippen LogP contribution in [-0.2, 0) is 6.54 Å². The molecule has 3 nitrogen and oxygen atoms in total. The molecule has 1 aromatic heterocycles. The van der Waals surface area contributed by atoms with Crippen molar-refractivity contribution in [3.05, 3.63) is 23.9 Å². The van der Waals surface area contributed by atoms with E-state index in [-0.39, 0.29) is 0 Å². The molecular weight excluding hydrogens is 162 g/mol. The molecule has 0 saturated heterocycles. The summed E-state index contributed by atoms with van der Waals surface area (Å²) >= 11 is 0. The van der Waals surface area contributed by atoms with Gasteiger partial charge in [0.1, 0.15) is 5.82 Å². The number of nitrogens with two attached hydrogens (primary N) is 1. The zero-order valence-electron chi connectivity index (χ0n) is 7.66. The van der Waals surface area contributed by atoms with Gasteiger partial charge in [-0.2, -0.15) is 0 Å². The Morgan fingerprint density at radius 1 is 1.46 bits per heavy atom. The molecule has 1 aromatic rings. The van der Waals surface area contributed by atoms with E-state index in [0.717, 1.165) is 12.6 Å². The minimum atomic E-state index is 0.590. The van der Waals surface area contributed by atoms with Crippen molar-refractivity contribution in [2.75, 3.05) is 5.73 Å². The highest BCUT2D eigenvalue weighted by atomic mass is 14.9. The van der Waals surface area contributed by atoms with Crippen LogP contribution in [0.1, 0.15) is 24.8 Å². The molecule has 0 aromatic carbocycles. The van der Waals surface area contributed by atoms with E-state index in [1.54, 1.807) is 0 Å². The molecule has 1 aliphatic carbocycles. The second-order valence-electron chi connectivity index (χ2n) is 3.60. The Morgan fingerprint density at radius 3 is 2.85 bits per heavy atom. The third kappa shape index (κ3) is 2.18. The van der Waals surface area contributed by atoms with Crippen molar-refractivity contribution in [2.45, 2.75) is 31.8 Å². The van der Waals surface area contributed by atoms with E-state index in [0.29, 0.717) is 5.82 Å². The molecule has 1 aliphatic rings.